The second-order valence-electron chi connectivity index (χ2n) is 7.16. The summed E-state index contributed by atoms with van der Waals surface area (Å²) in [5.74, 6) is 0.450. The fourth-order valence-electron chi connectivity index (χ4n) is 3.68. The first-order chi connectivity index (χ1) is 15.5. The van der Waals surface area contributed by atoms with Gasteiger partial charge in [-0.3, -0.25) is 14.2 Å². The molecule has 0 spiro atoms. The van der Waals surface area contributed by atoms with E-state index in [9.17, 15) is 9.59 Å². The first kappa shape index (κ1) is 21.1. The molecule has 3 aromatic carbocycles. The molecule has 4 rings (SSSR count). The zero-order chi connectivity index (χ0) is 22.7. The number of carbonyl (C=O) groups excluding carboxylic acids is 1. The molecule has 160 valence electrons. The van der Waals surface area contributed by atoms with E-state index in [1.807, 2.05) is 60.7 Å². The third kappa shape index (κ3) is 3.78. The molecule has 0 saturated heterocycles. The fourth-order valence-corrected chi connectivity index (χ4v) is 3.68. The second-order valence-corrected chi connectivity index (χ2v) is 7.16. The predicted octanol–water partition coefficient (Wildman–Crippen LogP) is 4.72. The lowest BCUT2D eigenvalue weighted by atomic mass is 10.1. The molecule has 1 aromatic heterocycles. The van der Waals surface area contributed by atoms with Gasteiger partial charge in [-0.25, -0.2) is 4.98 Å². The number of rotatable bonds is 6. The van der Waals surface area contributed by atoms with Crippen molar-refractivity contribution in [1.29, 1.82) is 0 Å². The van der Waals surface area contributed by atoms with Gasteiger partial charge in [0.05, 0.1) is 18.2 Å². The summed E-state index contributed by atoms with van der Waals surface area (Å²) in [7, 11) is 1.46. The number of esters is 1. The van der Waals surface area contributed by atoms with E-state index in [0.29, 0.717) is 34.4 Å². The minimum absolute atomic E-state index is 0.240. The van der Waals surface area contributed by atoms with Gasteiger partial charge in [0, 0.05) is 18.1 Å². The van der Waals surface area contributed by atoms with E-state index in [2.05, 4.69) is 6.58 Å². The van der Waals surface area contributed by atoms with Crippen LogP contribution in [0, 0.1) is 0 Å². The van der Waals surface area contributed by atoms with Gasteiger partial charge in [0.15, 0.2) is 11.5 Å². The molecule has 6 heteroatoms. The van der Waals surface area contributed by atoms with Gasteiger partial charge in [-0.05, 0) is 24.6 Å². The highest BCUT2D eigenvalue weighted by Crippen LogP contribution is 2.39. The number of ether oxygens (including phenoxy) is 2. The Bertz CT molecular complexity index is 1360. The molecule has 0 bridgehead atoms. The van der Waals surface area contributed by atoms with Crippen molar-refractivity contribution in [2.24, 2.45) is 0 Å². The number of fused-ring (bicyclic) bond motifs is 1. The van der Waals surface area contributed by atoms with E-state index in [4.69, 9.17) is 14.5 Å². The first-order valence-corrected chi connectivity index (χ1v) is 10.1. The molecule has 0 amide bonds. The Labute approximate surface area is 185 Å². The van der Waals surface area contributed by atoms with Crippen LogP contribution in [0.25, 0.3) is 28.0 Å². The number of hydrogen-bond acceptors (Lipinski definition) is 5. The lowest BCUT2D eigenvalue weighted by Gasteiger charge is -2.18. The molecule has 6 nitrogen and oxygen atoms in total. The Hall–Kier alpha value is -4.19. The van der Waals surface area contributed by atoms with Gasteiger partial charge in [-0.1, -0.05) is 54.6 Å². The van der Waals surface area contributed by atoms with Crippen LogP contribution in [0.1, 0.15) is 12.5 Å². The van der Waals surface area contributed by atoms with Crippen LogP contribution in [0.2, 0.25) is 0 Å². The third-order valence-corrected chi connectivity index (χ3v) is 5.01. The Balaban J connectivity index is 2.16. The van der Waals surface area contributed by atoms with Crippen molar-refractivity contribution in [3.63, 3.8) is 0 Å². The van der Waals surface area contributed by atoms with Crippen molar-refractivity contribution < 1.29 is 14.3 Å². The van der Waals surface area contributed by atoms with Crippen LogP contribution >= 0.6 is 0 Å². The summed E-state index contributed by atoms with van der Waals surface area (Å²) < 4.78 is 12.7. The van der Waals surface area contributed by atoms with E-state index in [1.54, 1.807) is 16.7 Å². The van der Waals surface area contributed by atoms with Gasteiger partial charge >= 0.3 is 5.97 Å². The topological polar surface area (TPSA) is 70.4 Å². The maximum atomic E-state index is 13.8. The smallest absolute Gasteiger partial charge is 0.308 e. The number of benzene rings is 3. The highest BCUT2D eigenvalue weighted by molar-refractivity contribution is 5.91. The van der Waals surface area contributed by atoms with Crippen molar-refractivity contribution in [2.45, 2.75) is 13.3 Å². The summed E-state index contributed by atoms with van der Waals surface area (Å²) in [5, 5.41) is 0.359. The normalized spacial score (nSPS) is 10.7. The van der Waals surface area contributed by atoms with Crippen LogP contribution in [0.4, 0.5) is 0 Å². The van der Waals surface area contributed by atoms with Crippen molar-refractivity contribution in [1.82, 2.24) is 9.55 Å². The fraction of sp³-hybridized carbons (Fsp3) is 0.115. The first-order valence-electron chi connectivity index (χ1n) is 10.1. The van der Waals surface area contributed by atoms with Crippen LogP contribution in [-0.2, 0) is 11.2 Å². The Morgan fingerprint density at radius 3 is 2.31 bits per heavy atom. The summed E-state index contributed by atoms with van der Waals surface area (Å²) >= 11 is 0. The van der Waals surface area contributed by atoms with E-state index in [0.717, 1.165) is 5.56 Å². The van der Waals surface area contributed by atoms with Gasteiger partial charge in [-0.2, -0.15) is 0 Å². The largest absolute Gasteiger partial charge is 0.491 e. The highest BCUT2D eigenvalue weighted by Gasteiger charge is 2.23. The summed E-state index contributed by atoms with van der Waals surface area (Å²) in [6.45, 7) is 5.09. The molecule has 0 aliphatic rings. The van der Waals surface area contributed by atoms with Crippen molar-refractivity contribution in [3.8, 4) is 28.6 Å². The summed E-state index contributed by atoms with van der Waals surface area (Å²) in [5.41, 5.74) is 2.15. The van der Waals surface area contributed by atoms with Crippen LogP contribution < -0.4 is 15.0 Å². The van der Waals surface area contributed by atoms with Gasteiger partial charge < -0.3 is 9.47 Å². The molecule has 0 aliphatic heterocycles. The van der Waals surface area contributed by atoms with Crippen LogP contribution in [0.5, 0.6) is 11.5 Å². The van der Waals surface area contributed by atoms with E-state index >= 15 is 0 Å². The Morgan fingerprint density at radius 1 is 1.06 bits per heavy atom. The van der Waals surface area contributed by atoms with Crippen molar-refractivity contribution in [3.05, 3.63) is 95.3 Å². The molecule has 0 fully saturated rings. The monoisotopic (exact) mass is 426 g/mol. The van der Waals surface area contributed by atoms with E-state index in [-0.39, 0.29) is 17.1 Å². The standard InChI is InChI=1S/C26H22N2O4/c1-4-11-19-16-21-22(24(31-3)23(19)32-17(2)29)27-25(18-12-7-5-8-13-18)28(26(21)30)20-14-9-6-10-15-20/h4-10,12-16H,1,11H2,2-3H3. The average molecular weight is 426 g/mol. The molecule has 32 heavy (non-hydrogen) atoms. The highest BCUT2D eigenvalue weighted by atomic mass is 16.6. The molecule has 0 atom stereocenters. The molecule has 4 aromatic rings. The maximum Gasteiger partial charge on any atom is 0.308 e. The second kappa shape index (κ2) is 8.89. The number of allylic oxidation sites excluding steroid dienone is 1. The van der Waals surface area contributed by atoms with Gasteiger partial charge in [0.1, 0.15) is 11.3 Å². The number of aromatic nitrogens is 2. The number of hydrogen-bond donors (Lipinski definition) is 0. The molecule has 0 aliphatic carbocycles. The zero-order valence-corrected chi connectivity index (χ0v) is 17.9. The summed E-state index contributed by atoms with van der Waals surface area (Å²) in [6.07, 6.45) is 2.06. The van der Waals surface area contributed by atoms with Crippen LogP contribution in [0.15, 0.2) is 84.2 Å². The Morgan fingerprint density at radius 2 is 1.72 bits per heavy atom. The van der Waals surface area contributed by atoms with Crippen molar-refractivity contribution >= 4 is 16.9 Å². The quantitative estimate of drug-likeness (QED) is 0.254. The third-order valence-electron chi connectivity index (χ3n) is 5.01. The maximum absolute atomic E-state index is 13.8. The predicted molar refractivity (Wildman–Crippen MR) is 125 cm³/mol. The zero-order valence-electron chi connectivity index (χ0n) is 17.9. The van der Waals surface area contributed by atoms with Gasteiger partial charge in [0.2, 0.25) is 0 Å². The summed E-state index contributed by atoms with van der Waals surface area (Å²) in [4.78, 5) is 30.4. The van der Waals surface area contributed by atoms with Crippen LogP contribution in [0.3, 0.4) is 0 Å². The minimum Gasteiger partial charge on any atom is -0.491 e. The SMILES string of the molecule is C=CCc1cc2c(=O)n(-c3ccccc3)c(-c3ccccc3)nc2c(OC)c1OC(C)=O. The van der Waals surface area contributed by atoms with Crippen molar-refractivity contribution in [2.75, 3.05) is 7.11 Å². The minimum atomic E-state index is -0.492. The number of carbonyl (C=O) groups is 1. The molecule has 1 heterocycles. The molecule has 0 saturated carbocycles. The molecular weight excluding hydrogens is 404 g/mol. The molecular formula is C26H22N2O4. The number of nitrogens with zero attached hydrogens (tertiary/aromatic N) is 2. The lowest BCUT2D eigenvalue weighted by molar-refractivity contribution is -0.132. The average Bonchev–Trinajstić information content (AvgIpc) is 2.80. The van der Waals surface area contributed by atoms with E-state index < -0.39 is 5.97 Å². The number of methoxy groups -OCH3 is 1. The van der Waals surface area contributed by atoms with Gasteiger partial charge in [0.25, 0.3) is 5.56 Å². The summed E-state index contributed by atoms with van der Waals surface area (Å²) in [6, 6.07) is 20.5. The Kier molecular flexibility index (Phi) is 5.85. The van der Waals surface area contributed by atoms with Crippen LogP contribution in [-0.4, -0.2) is 22.6 Å². The lowest BCUT2D eigenvalue weighted by Crippen LogP contribution is -2.22. The van der Waals surface area contributed by atoms with Gasteiger partial charge in [-0.15, -0.1) is 6.58 Å². The molecule has 0 radical (unpaired) electrons. The molecule has 0 N–H and O–H groups in total. The van der Waals surface area contributed by atoms with E-state index in [1.165, 1.54) is 14.0 Å². The number of para-hydroxylation sites is 1. The molecule has 0 unspecified atom stereocenters.